The number of rotatable bonds is 3. The lowest BCUT2D eigenvalue weighted by atomic mass is 9.80. The van der Waals surface area contributed by atoms with Crippen molar-refractivity contribution in [3.63, 3.8) is 0 Å². The first kappa shape index (κ1) is 17.9. The van der Waals surface area contributed by atoms with Gasteiger partial charge in [-0.15, -0.1) is 0 Å². The molecule has 0 N–H and O–H groups in total. The molecule has 1 aromatic rings. The molecule has 0 aliphatic carbocycles. The van der Waals surface area contributed by atoms with Gasteiger partial charge in [-0.05, 0) is 45.0 Å². The van der Waals surface area contributed by atoms with Crippen molar-refractivity contribution in [2.24, 2.45) is 5.41 Å². The van der Waals surface area contributed by atoms with Crippen molar-refractivity contribution in [3.8, 4) is 0 Å². The number of carbonyl (C=O) groups excluding carboxylic acids is 2. The summed E-state index contributed by atoms with van der Waals surface area (Å²) in [6.07, 6.45) is 2.05. The van der Waals surface area contributed by atoms with Crippen LogP contribution in [0.2, 0.25) is 0 Å². The summed E-state index contributed by atoms with van der Waals surface area (Å²) < 4.78 is 0. The van der Waals surface area contributed by atoms with Crippen LogP contribution in [0.25, 0.3) is 0 Å². The number of piperidine rings is 1. The number of piperazine rings is 1. The molecular formula is C20H29N3O2. The fraction of sp³-hybridized carbons (Fsp3) is 0.600. The smallest absolute Gasteiger partial charge is 0.253 e. The average Bonchev–Trinajstić information content (AvgIpc) is 2.67. The van der Waals surface area contributed by atoms with Crippen molar-refractivity contribution in [2.75, 3.05) is 45.8 Å². The zero-order valence-electron chi connectivity index (χ0n) is 15.4. The maximum absolute atomic E-state index is 13.1. The Kier molecular flexibility index (Phi) is 5.42. The van der Waals surface area contributed by atoms with Crippen molar-refractivity contribution in [1.29, 1.82) is 0 Å². The first-order valence-corrected chi connectivity index (χ1v) is 9.39. The molecule has 1 atom stereocenters. The van der Waals surface area contributed by atoms with Gasteiger partial charge in [-0.1, -0.05) is 25.1 Å². The fourth-order valence-electron chi connectivity index (χ4n) is 4.05. The van der Waals surface area contributed by atoms with Crippen molar-refractivity contribution in [2.45, 2.75) is 26.7 Å². The Morgan fingerprint density at radius 1 is 1.00 bits per heavy atom. The van der Waals surface area contributed by atoms with Crippen LogP contribution in [0.1, 0.15) is 37.0 Å². The minimum absolute atomic E-state index is 0.0636. The minimum atomic E-state index is -0.278. The Balaban J connectivity index is 1.58. The SMILES string of the molecule is CCN1CCC[C@@](C)(C(=O)N2CCN(C(=O)c3ccccc3)CC2)C1. The predicted molar refractivity (Wildman–Crippen MR) is 98.4 cm³/mol. The monoisotopic (exact) mass is 343 g/mol. The van der Waals surface area contributed by atoms with Crippen LogP contribution in [0.15, 0.2) is 30.3 Å². The zero-order chi connectivity index (χ0) is 17.9. The first-order chi connectivity index (χ1) is 12.0. The zero-order valence-corrected chi connectivity index (χ0v) is 15.4. The van der Waals surface area contributed by atoms with Crippen LogP contribution in [0.4, 0.5) is 0 Å². The number of benzene rings is 1. The lowest BCUT2D eigenvalue weighted by molar-refractivity contribution is -0.146. The lowest BCUT2D eigenvalue weighted by Gasteiger charge is -2.44. The molecule has 2 aliphatic heterocycles. The highest BCUT2D eigenvalue weighted by atomic mass is 16.2. The molecule has 5 nitrogen and oxygen atoms in total. The second-order valence-corrected chi connectivity index (χ2v) is 7.48. The summed E-state index contributed by atoms with van der Waals surface area (Å²) in [4.78, 5) is 31.8. The lowest BCUT2D eigenvalue weighted by Crippen LogP contribution is -2.57. The Morgan fingerprint density at radius 3 is 2.28 bits per heavy atom. The van der Waals surface area contributed by atoms with Gasteiger partial charge < -0.3 is 14.7 Å². The Hall–Kier alpha value is -1.88. The highest BCUT2D eigenvalue weighted by molar-refractivity contribution is 5.94. The summed E-state index contributed by atoms with van der Waals surface area (Å²) in [7, 11) is 0. The largest absolute Gasteiger partial charge is 0.339 e. The molecule has 0 spiro atoms. The number of amides is 2. The summed E-state index contributed by atoms with van der Waals surface area (Å²) in [6.45, 7) is 9.73. The van der Waals surface area contributed by atoms with Gasteiger partial charge in [0.25, 0.3) is 5.91 Å². The molecule has 3 rings (SSSR count). The van der Waals surface area contributed by atoms with E-state index in [4.69, 9.17) is 0 Å². The van der Waals surface area contributed by atoms with Crippen molar-refractivity contribution in [3.05, 3.63) is 35.9 Å². The average molecular weight is 343 g/mol. The van der Waals surface area contributed by atoms with E-state index in [1.165, 1.54) is 0 Å². The van der Waals surface area contributed by atoms with E-state index < -0.39 is 0 Å². The van der Waals surface area contributed by atoms with Crippen molar-refractivity contribution >= 4 is 11.8 Å². The minimum Gasteiger partial charge on any atom is -0.339 e. The number of hydrogen-bond donors (Lipinski definition) is 0. The third kappa shape index (κ3) is 3.87. The number of hydrogen-bond acceptors (Lipinski definition) is 3. The second-order valence-electron chi connectivity index (χ2n) is 7.48. The fourth-order valence-corrected chi connectivity index (χ4v) is 4.05. The van der Waals surface area contributed by atoms with Gasteiger partial charge in [0.2, 0.25) is 5.91 Å². The van der Waals surface area contributed by atoms with Crippen LogP contribution in [0.5, 0.6) is 0 Å². The molecule has 2 fully saturated rings. The molecule has 0 bridgehead atoms. The van der Waals surface area contributed by atoms with E-state index in [9.17, 15) is 9.59 Å². The molecule has 2 heterocycles. The Labute approximate surface area is 150 Å². The van der Waals surface area contributed by atoms with Crippen LogP contribution in [0.3, 0.4) is 0 Å². The molecule has 136 valence electrons. The summed E-state index contributed by atoms with van der Waals surface area (Å²) in [5.41, 5.74) is 0.444. The van der Waals surface area contributed by atoms with Gasteiger partial charge in [0.05, 0.1) is 5.41 Å². The maximum Gasteiger partial charge on any atom is 0.253 e. The number of nitrogens with zero attached hydrogens (tertiary/aromatic N) is 3. The third-order valence-electron chi connectivity index (χ3n) is 5.61. The third-order valence-corrected chi connectivity index (χ3v) is 5.61. The topological polar surface area (TPSA) is 43.9 Å². The van der Waals surface area contributed by atoms with Gasteiger partial charge in [-0.2, -0.15) is 0 Å². The van der Waals surface area contributed by atoms with Crippen LogP contribution in [0, 0.1) is 5.41 Å². The Morgan fingerprint density at radius 2 is 1.64 bits per heavy atom. The standard InChI is InChI=1S/C20H29N3O2/c1-3-21-11-7-10-20(2,16-21)19(25)23-14-12-22(13-15-23)18(24)17-8-5-4-6-9-17/h4-6,8-9H,3,7,10-16H2,1-2H3/t20-/m1/s1. The molecule has 1 aromatic carbocycles. The van der Waals surface area contributed by atoms with Gasteiger partial charge in [-0.3, -0.25) is 9.59 Å². The van der Waals surface area contributed by atoms with E-state index in [2.05, 4.69) is 18.7 Å². The molecule has 2 saturated heterocycles. The quantitative estimate of drug-likeness (QED) is 0.844. The van der Waals surface area contributed by atoms with E-state index >= 15 is 0 Å². The van der Waals surface area contributed by atoms with Crippen molar-refractivity contribution in [1.82, 2.24) is 14.7 Å². The van der Waals surface area contributed by atoms with Crippen LogP contribution >= 0.6 is 0 Å². The van der Waals surface area contributed by atoms with E-state index in [1.54, 1.807) is 0 Å². The summed E-state index contributed by atoms with van der Waals surface area (Å²) in [6, 6.07) is 9.38. The van der Waals surface area contributed by atoms with Crippen LogP contribution in [-0.4, -0.2) is 72.3 Å². The highest BCUT2D eigenvalue weighted by Gasteiger charge is 2.40. The van der Waals surface area contributed by atoms with Gasteiger partial charge in [0.15, 0.2) is 0 Å². The summed E-state index contributed by atoms with van der Waals surface area (Å²) in [5.74, 6) is 0.325. The number of likely N-dealkylation sites (tertiary alicyclic amines) is 1. The molecule has 0 unspecified atom stereocenters. The first-order valence-electron chi connectivity index (χ1n) is 9.39. The van der Waals surface area contributed by atoms with Gasteiger partial charge >= 0.3 is 0 Å². The predicted octanol–water partition coefficient (Wildman–Crippen LogP) is 2.09. The summed E-state index contributed by atoms with van der Waals surface area (Å²) >= 11 is 0. The summed E-state index contributed by atoms with van der Waals surface area (Å²) in [5, 5.41) is 0. The number of carbonyl (C=O) groups is 2. The maximum atomic E-state index is 13.1. The highest BCUT2D eigenvalue weighted by Crippen LogP contribution is 2.32. The van der Waals surface area contributed by atoms with Crippen molar-refractivity contribution < 1.29 is 9.59 Å². The molecule has 0 aromatic heterocycles. The molecule has 2 amide bonds. The van der Waals surface area contributed by atoms with E-state index in [0.29, 0.717) is 26.2 Å². The normalized spacial score (nSPS) is 25.0. The molecule has 0 saturated carbocycles. The molecule has 5 heteroatoms. The van der Waals surface area contributed by atoms with E-state index in [1.807, 2.05) is 40.1 Å². The van der Waals surface area contributed by atoms with Gasteiger partial charge in [0, 0.05) is 38.3 Å². The van der Waals surface area contributed by atoms with E-state index in [0.717, 1.165) is 38.0 Å². The van der Waals surface area contributed by atoms with Crippen LogP contribution in [-0.2, 0) is 4.79 Å². The van der Waals surface area contributed by atoms with E-state index in [-0.39, 0.29) is 17.2 Å². The second kappa shape index (κ2) is 7.56. The molecule has 25 heavy (non-hydrogen) atoms. The molecule has 0 radical (unpaired) electrons. The Bertz CT molecular complexity index is 611. The molecule has 2 aliphatic rings. The van der Waals surface area contributed by atoms with Gasteiger partial charge in [0.1, 0.15) is 0 Å². The van der Waals surface area contributed by atoms with Gasteiger partial charge in [-0.25, -0.2) is 0 Å². The van der Waals surface area contributed by atoms with Crippen LogP contribution < -0.4 is 0 Å². The molecular weight excluding hydrogens is 314 g/mol.